The van der Waals surface area contributed by atoms with Gasteiger partial charge in [0.15, 0.2) is 0 Å². The third kappa shape index (κ3) is 5.50. The second kappa shape index (κ2) is 9.24. The van der Waals surface area contributed by atoms with Crippen LogP contribution in [0, 0.1) is 0 Å². The summed E-state index contributed by atoms with van der Waals surface area (Å²) >= 11 is 7.36. The largest absolute Gasteiger partial charge is 0.493 e. The number of anilines is 1. The van der Waals surface area contributed by atoms with Gasteiger partial charge in [0.1, 0.15) is 5.75 Å². The highest BCUT2D eigenvalue weighted by molar-refractivity contribution is 7.13. The van der Waals surface area contributed by atoms with E-state index in [-0.39, 0.29) is 12.4 Å². The second-order valence-electron chi connectivity index (χ2n) is 4.61. The van der Waals surface area contributed by atoms with Gasteiger partial charge >= 0.3 is 5.97 Å². The molecule has 6 nitrogen and oxygen atoms in total. The lowest BCUT2D eigenvalue weighted by molar-refractivity contribution is -0.142. The van der Waals surface area contributed by atoms with Gasteiger partial charge < -0.3 is 9.47 Å². The number of hydrogen-bond donors (Lipinski definition) is 1. The van der Waals surface area contributed by atoms with Gasteiger partial charge in [0.25, 0.3) is 0 Å². The predicted octanol–water partition coefficient (Wildman–Crippen LogP) is 3.75. The van der Waals surface area contributed by atoms with Crippen LogP contribution >= 0.6 is 22.9 Å². The number of ether oxygens (including phenoxy) is 2. The lowest BCUT2D eigenvalue weighted by Crippen LogP contribution is -2.07. The Balaban J connectivity index is 1.98. The lowest BCUT2D eigenvalue weighted by Gasteiger charge is -2.06. The van der Waals surface area contributed by atoms with Gasteiger partial charge in [-0.2, -0.15) is 5.10 Å². The van der Waals surface area contributed by atoms with E-state index in [4.69, 9.17) is 21.1 Å². The van der Waals surface area contributed by atoms with Crippen molar-refractivity contribution in [2.45, 2.75) is 20.3 Å². The average Bonchev–Trinajstić information content (AvgIpc) is 2.97. The predicted molar refractivity (Wildman–Crippen MR) is 96.3 cm³/mol. The van der Waals surface area contributed by atoms with E-state index >= 15 is 0 Å². The van der Waals surface area contributed by atoms with Crippen molar-refractivity contribution in [1.82, 2.24) is 4.98 Å². The summed E-state index contributed by atoms with van der Waals surface area (Å²) in [6.45, 7) is 4.60. The van der Waals surface area contributed by atoms with E-state index in [1.54, 1.807) is 36.7 Å². The van der Waals surface area contributed by atoms with E-state index < -0.39 is 0 Å². The fourth-order valence-electron chi connectivity index (χ4n) is 1.86. The molecule has 8 heteroatoms. The van der Waals surface area contributed by atoms with Crippen molar-refractivity contribution in [3.8, 4) is 5.75 Å². The fraction of sp³-hybridized carbons (Fsp3) is 0.312. The molecule has 0 fully saturated rings. The van der Waals surface area contributed by atoms with Crippen LogP contribution in [-0.2, 0) is 16.0 Å². The summed E-state index contributed by atoms with van der Waals surface area (Å²) in [6, 6.07) is 5.33. The van der Waals surface area contributed by atoms with Gasteiger partial charge in [0.05, 0.1) is 31.5 Å². The first-order valence-corrected chi connectivity index (χ1v) is 8.69. The molecule has 0 saturated carbocycles. The van der Waals surface area contributed by atoms with Crippen LogP contribution in [-0.4, -0.2) is 30.4 Å². The number of carbonyl (C=O) groups excluding carboxylic acids is 1. The SMILES string of the molecule is CCOC(=O)Cc1csc(NN=Cc2cc(Cl)ccc2OCC)n1. The third-order valence-corrected chi connectivity index (χ3v) is 3.85. The summed E-state index contributed by atoms with van der Waals surface area (Å²) in [5, 5.41) is 7.13. The minimum Gasteiger partial charge on any atom is -0.493 e. The molecule has 1 N–H and O–H groups in total. The number of carbonyl (C=O) groups is 1. The number of benzene rings is 1. The third-order valence-electron chi connectivity index (χ3n) is 2.82. The number of thiazole rings is 1. The molecule has 0 aliphatic rings. The lowest BCUT2D eigenvalue weighted by atomic mass is 10.2. The maximum atomic E-state index is 11.4. The molecule has 0 spiro atoms. The van der Waals surface area contributed by atoms with Gasteiger partial charge in [0, 0.05) is 16.0 Å². The van der Waals surface area contributed by atoms with Gasteiger partial charge in [-0.3, -0.25) is 10.2 Å². The Morgan fingerprint density at radius 3 is 3.00 bits per heavy atom. The molecule has 2 rings (SSSR count). The van der Waals surface area contributed by atoms with E-state index in [0.29, 0.717) is 34.8 Å². The van der Waals surface area contributed by atoms with Crippen LogP contribution in [0.5, 0.6) is 5.75 Å². The number of hydrazone groups is 1. The van der Waals surface area contributed by atoms with Crippen molar-refractivity contribution < 1.29 is 14.3 Å². The number of halogens is 1. The van der Waals surface area contributed by atoms with E-state index in [9.17, 15) is 4.79 Å². The molecule has 2 aromatic rings. The molecule has 0 radical (unpaired) electrons. The molecule has 0 amide bonds. The summed E-state index contributed by atoms with van der Waals surface area (Å²) in [5.41, 5.74) is 4.24. The molecule has 24 heavy (non-hydrogen) atoms. The van der Waals surface area contributed by atoms with Gasteiger partial charge in [-0.15, -0.1) is 11.3 Å². The van der Waals surface area contributed by atoms with Crippen LogP contribution in [0.4, 0.5) is 5.13 Å². The van der Waals surface area contributed by atoms with Crippen LogP contribution in [0.1, 0.15) is 25.1 Å². The highest BCUT2D eigenvalue weighted by atomic mass is 35.5. The Hall–Kier alpha value is -2.12. The van der Waals surface area contributed by atoms with E-state index in [1.807, 2.05) is 6.92 Å². The number of nitrogens with zero attached hydrogens (tertiary/aromatic N) is 2. The Morgan fingerprint density at radius 1 is 1.42 bits per heavy atom. The number of nitrogens with one attached hydrogen (secondary N) is 1. The molecule has 0 atom stereocenters. The Morgan fingerprint density at radius 2 is 2.25 bits per heavy atom. The highest BCUT2D eigenvalue weighted by Gasteiger charge is 2.08. The molecule has 128 valence electrons. The van der Waals surface area contributed by atoms with Crippen LogP contribution in [0.2, 0.25) is 5.02 Å². The van der Waals surface area contributed by atoms with E-state index in [1.165, 1.54) is 11.3 Å². The van der Waals surface area contributed by atoms with E-state index in [2.05, 4.69) is 15.5 Å². The van der Waals surface area contributed by atoms with Crippen molar-refractivity contribution in [2.75, 3.05) is 18.6 Å². The number of aromatic nitrogens is 1. The van der Waals surface area contributed by atoms with Crippen molar-refractivity contribution in [1.29, 1.82) is 0 Å². The quantitative estimate of drug-likeness (QED) is 0.437. The summed E-state index contributed by atoms with van der Waals surface area (Å²) in [6.07, 6.45) is 1.77. The van der Waals surface area contributed by atoms with E-state index in [0.717, 1.165) is 5.56 Å². The Kier molecular flexibility index (Phi) is 7.02. The van der Waals surface area contributed by atoms with Gasteiger partial charge in [-0.1, -0.05) is 11.6 Å². The zero-order valence-corrected chi connectivity index (χ0v) is 15.0. The van der Waals surface area contributed by atoms with Gasteiger partial charge in [-0.25, -0.2) is 4.98 Å². The van der Waals surface area contributed by atoms with Gasteiger partial charge in [0.2, 0.25) is 5.13 Å². The summed E-state index contributed by atoms with van der Waals surface area (Å²) in [5.74, 6) is 0.410. The van der Waals surface area contributed by atoms with Crippen molar-refractivity contribution >= 4 is 40.3 Å². The minimum atomic E-state index is -0.293. The standard InChI is InChI=1S/C16H18ClN3O3S/c1-3-22-14-6-5-12(17)7-11(14)9-18-20-16-19-13(10-24-16)8-15(21)23-4-2/h5-7,9-10H,3-4,8H2,1-2H3,(H,19,20). The molecule has 1 aromatic carbocycles. The first-order valence-electron chi connectivity index (χ1n) is 7.43. The zero-order valence-electron chi connectivity index (χ0n) is 13.4. The van der Waals surface area contributed by atoms with Crippen LogP contribution in [0.25, 0.3) is 0 Å². The molecular weight excluding hydrogens is 350 g/mol. The number of rotatable bonds is 8. The molecule has 0 saturated heterocycles. The first kappa shape index (κ1) is 18.2. The first-order chi connectivity index (χ1) is 11.6. The Labute approximate surface area is 149 Å². The summed E-state index contributed by atoms with van der Waals surface area (Å²) < 4.78 is 10.4. The Bertz CT molecular complexity index is 718. The minimum absolute atomic E-state index is 0.151. The van der Waals surface area contributed by atoms with Crippen molar-refractivity contribution in [2.24, 2.45) is 5.10 Å². The summed E-state index contributed by atoms with van der Waals surface area (Å²) in [4.78, 5) is 15.7. The molecule has 0 aliphatic heterocycles. The molecule has 1 aromatic heterocycles. The van der Waals surface area contributed by atoms with Crippen LogP contribution in [0.15, 0.2) is 28.7 Å². The molecular formula is C16H18ClN3O3S. The topological polar surface area (TPSA) is 72.8 Å². The maximum Gasteiger partial charge on any atom is 0.311 e. The fourth-order valence-corrected chi connectivity index (χ4v) is 2.70. The zero-order chi connectivity index (χ0) is 17.4. The smallest absolute Gasteiger partial charge is 0.311 e. The monoisotopic (exact) mass is 367 g/mol. The van der Waals surface area contributed by atoms with Gasteiger partial charge in [-0.05, 0) is 32.0 Å². The molecule has 0 unspecified atom stereocenters. The second-order valence-corrected chi connectivity index (χ2v) is 5.91. The maximum absolute atomic E-state index is 11.4. The van der Waals surface area contributed by atoms with Crippen molar-refractivity contribution in [3.63, 3.8) is 0 Å². The molecule has 1 heterocycles. The highest BCUT2D eigenvalue weighted by Crippen LogP contribution is 2.22. The van der Waals surface area contributed by atoms with Crippen LogP contribution in [0.3, 0.4) is 0 Å². The molecule has 0 aliphatic carbocycles. The number of esters is 1. The average molecular weight is 368 g/mol. The normalized spacial score (nSPS) is 10.8. The van der Waals surface area contributed by atoms with Crippen molar-refractivity contribution in [3.05, 3.63) is 39.9 Å². The summed E-state index contributed by atoms with van der Waals surface area (Å²) in [7, 11) is 0. The number of hydrogen-bond acceptors (Lipinski definition) is 7. The van der Waals surface area contributed by atoms with Crippen LogP contribution < -0.4 is 10.2 Å². The molecule has 0 bridgehead atoms.